The molecule has 0 aliphatic carbocycles. The molecule has 1 rings (SSSR count). The minimum Gasteiger partial charge on any atom is -0.318 e. The van der Waals surface area contributed by atoms with Crippen LogP contribution in [0.3, 0.4) is 0 Å². The van der Waals surface area contributed by atoms with Crippen LogP contribution in [0.4, 0.5) is 0 Å². The molecule has 0 unspecified atom stereocenters. The predicted octanol–water partition coefficient (Wildman–Crippen LogP) is 0.105. The monoisotopic (exact) mass is 152 g/mol. The summed E-state index contributed by atoms with van der Waals surface area (Å²) in [5.74, 6) is 0. The lowest BCUT2D eigenvalue weighted by atomic mass is 10.3. The van der Waals surface area contributed by atoms with Gasteiger partial charge in [-0.2, -0.15) is 0 Å². The number of aryl methyl sites for hydroxylation is 1. The highest BCUT2D eigenvalue weighted by atomic mass is 16.1. The second-order valence-electron chi connectivity index (χ2n) is 2.52. The van der Waals surface area contributed by atoms with E-state index in [9.17, 15) is 4.79 Å². The molecule has 1 heterocycles. The maximum absolute atomic E-state index is 10.9. The van der Waals surface area contributed by atoms with Crippen LogP contribution in [0, 0.1) is 0 Å². The summed E-state index contributed by atoms with van der Waals surface area (Å²) in [7, 11) is 3.63. The molecule has 0 aliphatic heterocycles. The Labute approximate surface area is 65.7 Å². The number of aromatic nitrogens is 1. The van der Waals surface area contributed by atoms with Gasteiger partial charge in [0.1, 0.15) is 0 Å². The van der Waals surface area contributed by atoms with Crippen LogP contribution in [0.5, 0.6) is 0 Å². The molecule has 0 atom stereocenters. The molecule has 0 bridgehead atoms. The molecule has 0 fully saturated rings. The Bertz CT molecular complexity index is 290. The number of rotatable bonds is 2. The van der Waals surface area contributed by atoms with Crippen molar-refractivity contribution >= 4 is 0 Å². The van der Waals surface area contributed by atoms with Gasteiger partial charge in [-0.3, -0.25) is 4.79 Å². The fourth-order valence-electron chi connectivity index (χ4n) is 0.960. The topological polar surface area (TPSA) is 34.0 Å². The minimum absolute atomic E-state index is 0.0323. The van der Waals surface area contributed by atoms with Crippen LogP contribution in [-0.4, -0.2) is 11.6 Å². The van der Waals surface area contributed by atoms with Gasteiger partial charge in [0.25, 0.3) is 0 Å². The lowest BCUT2D eigenvalue weighted by molar-refractivity contribution is 0.779. The maximum Gasteiger partial charge on any atom is 0.250 e. The Morgan fingerprint density at radius 1 is 1.55 bits per heavy atom. The van der Waals surface area contributed by atoms with Gasteiger partial charge in [-0.05, 0) is 12.6 Å². The molecule has 0 saturated carbocycles. The van der Waals surface area contributed by atoms with Gasteiger partial charge < -0.3 is 9.88 Å². The third kappa shape index (κ3) is 1.91. The number of nitrogens with one attached hydrogen (secondary N) is 1. The highest BCUT2D eigenvalue weighted by Gasteiger charge is 1.91. The number of nitrogens with zero attached hydrogens (tertiary/aromatic N) is 1. The van der Waals surface area contributed by atoms with Gasteiger partial charge in [-0.15, -0.1) is 0 Å². The van der Waals surface area contributed by atoms with Crippen LogP contribution in [-0.2, 0) is 13.6 Å². The van der Waals surface area contributed by atoms with Gasteiger partial charge in [0, 0.05) is 25.9 Å². The fraction of sp³-hybridized carbons (Fsp3) is 0.375. The van der Waals surface area contributed by atoms with Crippen molar-refractivity contribution < 1.29 is 0 Å². The summed E-state index contributed by atoms with van der Waals surface area (Å²) >= 11 is 0. The van der Waals surface area contributed by atoms with E-state index in [-0.39, 0.29) is 5.56 Å². The van der Waals surface area contributed by atoms with Gasteiger partial charge in [0.15, 0.2) is 0 Å². The Hall–Kier alpha value is -1.09. The molecule has 1 aromatic rings. The zero-order chi connectivity index (χ0) is 8.27. The Balaban J connectivity index is 2.96. The van der Waals surface area contributed by atoms with Gasteiger partial charge >= 0.3 is 0 Å². The quantitative estimate of drug-likeness (QED) is 0.652. The second-order valence-corrected chi connectivity index (χ2v) is 2.52. The van der Waals surface area contributed by atoms with Gasteiger partial charge in [0.2, 0.25) is 5.56 Å². The predicted molar refractivity (Wildman–Crippen MR) is 44.4 cm³/mol. The van der Waals surface area contributed by atoms with E-state index in [0.29, 0.717) is 0 Å². The first-order valence-corrected chi connectivity index (χ1v) is 3.54. The van der Waals surface area contributed by atoms with Crippen molar-refractivity contribution in [3.05, 3.63) is 34.2 Å². The first kappa shape index (κ1) is 8.01. The van der Waals surface area contributed by atoms with E-state index in [1.165, 1.54) is 0 Å². The molecule has 60 valence electrons. The molecule has 0 saturated heterocycles. The lowest BCUT2D eigenvalue weighted by Crippen LogP contribution is -2.16. The summed E-state index contributed by atoms with van der Waals surface area (Å²) in [5, 5.41) is 3.02. The van der Waals surface area contributed by atoms with E-state index >= 15 is 0 Å². The van der Waals surface area contributed by atoms with Crippen molar-refractivity contribution in [2.75, 3.05) is 7.05 Å². The molecule has 1 aromatic heterocycles. The fourth-order valence-corrected chi connectivity index (χ4v) is 0.960. The van der Waals surface area contributed by atoms with E-state index in [2.05, 4.69) is 5.32 Å². The number of hydrogen-bond acceptors (Lipinski definition) is 2. The summed E-state index contributed by atoms with van der Waals surface area (Å²) in [6, 6.07) is 3.41. The lowest BCUT2D eigenvalue weighted by Gasteiger charge is -2.01. The van der Waals surface area contributed by atoms with Crippen LogP contribution in [0.2, 0.25) is 0 Å². The summed E-state index contributed by atoms with van der Waals surface area (Å²) in [6.07, 6.45) is 1.83. The zero-order valence-corrected chi connectivity index (χ0v) is 6.79. The summed E-state index contributed by atoms with van der Waals surface area (Å²) in [5.41, 5.74) is 1.15. The van der Waals surface area contributed by atoms with Crippen molar-refractivity contribution in [1.29, 1.82) is 0 Å². The number of hydrogen-bond donors (Lipinski definition) is 1. The second kappa shape index (κ2) is 3.34. The molecule has 3 nitrogen and oxygen atoms in total. The van der Waals surface area contributed by atoms with Gasteiger partial charge in [-0.25, -0.2) is 0 Å². The molecule has 11 heavy (non-hydrogen) atoms. The van der Waals surface area contributed by atoms with Crippen LogP contribution < -0.4 is 10.9 Å². The first-order chi connectivity index (χ1) is 5.24. The molecule has 0 aromatic carbocycles. The Kier molecular flexibility index (Phi) is 2.44. The molecule has 0 aliphatic rings. The molecule has 0 spiro atoms. The van der Waals surface area contributed by atoms with E-state index in [1.54, 1.807) is 17.7 Å². The van der Waals surface area contributed by atoms with Crippen molar-refractivity contribution in [3.63, 3.8) is 0 Å². The third-order valence-corrected chi connectivity index (χ3v) is 1.53. The Morgan fingerprint density at radius 2 is 2.27 bits per heavy atom. The number of pyridine rings is 1. The van der Waals surface area contributed by atoms with Crippen LogP contribution >= 0.6 is 0 Å². The van der Waals surface area contributed by atoms with Gasteiger partial charge in [0.05, 0.1) is 0 Å². The van der Waals surface area contributed by atoms with E-state index in [4.69, 9.17) is 0 Å². The van der Waals surface area contributed by atoms with Crippen molar-refractivity contribution in [3.8, 4) is 0 Å². The van der Waals surface area contributed by atoms with Crippen molar-refractivity contribution in [2.24, 2.45) is 7.05 Å². The Morgan fingerprint density at radius 3 is 2.82 bits per heavy atom. The summed E-state index contributed by atoms with van der Waals surface area (Å²) < 4.78 is 1.58. The normalized spacial score (nSPS) is 10.0. The summed E-state index contributed by atoms with van der Waals surface area (Å²) in [6.45, 7) is 0.800. The van der Waals surface area contributed by atoms with Crippen LogP contribution in [0.1, 0.15) is 5.56 Å². The average molecular weight is 152 g/mol. The molecule has 0 radical (unpaired) electrons. The van der Waals surface area contributed by atoms with E-state index in [0.717, 1.165) is 12.1 Å². The first-order valence-electron chi connectivity index (χ1n) is 3.54. The average Bonchev–Trinajstić information content (AvgIpc) is 1.98. The van der Waals surface area contributed by atoms with E-state index in [1.807, 2.05) is 19.3 Å². The zero-order valence-electron chi connectivity index (χ0n) is 6.79. The smallest absolute Gasteiger partial charge is 0.250 e. The highest BCUT2D eigenvalue weighted by molar-refractivity contribution is 5.09. The van der Waals surface area contributed by atoms with Gasteiger partial charge in [-0.1, -0.05) is 6.07 Å². The van der Waals surface area contributed by atoms with Crippen LogP contribution in [0.25, 0.3) is 0 Å². The molecule has 3 heteroatoms. The molecule has 1 N–H and O–H groups in total. The van der Waals surface area contributed by atoms with E-state index < -0.39 is 0 Å². The minimum atomic E-state index is 0.0323. The van der Waals surface area contributed by atoms with Crippen LogP contribution in [0.15, 0.2) is 23.1 Å². The largest absolute Gasteiger partial charge is 0.318 e. The summed E-state index contributed by atoms with van der Waals surface area (Å²) in [4.78, 5) is 10.9. The molecular formula is C8H12N2O. The maximum atomic E-state index is 10.9. The molecule has 0 amide bonds. The SMILES string of the molecule is CNCc1ccc(=O)n(C)c1. The standard InChI is InChI=1S/C8H12N2O/c1-9-5-7-3-4-8(11)10(2)6-7/h3-4,6,9H,5H2,1-2H3. The van der Waals surface area contributed by atoms with Crippen molar-refractivity contribution in [1.82, 2.24) is 9.88 Å². The highest BCUT2D eigenvalue weighted by Crippen LogP contribution is 1.92. The molecular weight excluding hydrogens is 140 g/mol. The third-order valence-electron chi connectivity index (χ3n) is 1.53. The van der Waals surface area contributed by atoms with Crippen molar-refractivity contribution in [2.45, 2.75) is 6.54 Å².